The lowest BCUT2D eigenvalue weighted by atomic mass is 9.95. The van der Waals surface area contributed by atoms with Crippen LogP contribution in [0.3, 0.4) is 0 Å². The van der Waals surface area contributed by atoms with Crippen molar-refractivity contribution in [3.05, 3.63) is 70.8 Å². The van der Waals surface area contributed by atoms with E-state index in [-0.39, 0.29) is 30.2 Å². The molecule has 12 heteroatoms. The predicted octanol–water partition coefficient (Wildman–Crippen LogP) is 7.46. The van der Waals surface area contributed by atoms with Gasteiger partial charge in [0.25, 0.3) is 0 Å². The summed E-state index contributed by atoms with van der Waals surface area (Å²) < 4.78 is 92.6. The van der Waals surface area contributed by atoms with E-state index < -0.39 is 42.4 Å². The Bertz CT molecular complexity index is 1140. The number of rotatable bonds is 16. The first-order valence-corrected chi connectivity index (χ1v) is 14.9. The van der Waals surface area contributed by atoms with Crippen molar-refractivity contribution >= 4 is 12.2 Å². The Morgan fingerprint density at radius 2 is 1.61 bits per heavy atom. The third-order valence-corrected chi connectivity index (χ3v) is 7.75. The first kappa shape index (κ1) is 35.5. The monoisotopic (exact) mass is 630 g/mol. The van der Waals surface area contributed by atoms with E-state index in [9.17, 15) is 35.9 Å². The van der Waals surface area contributed by atoms with Crippen LogP contribution in [0.1, 0.15) is 86.1 Å². The Labute approximate surface area is 254 Å². The molecule has 2 aromatic rings. The van der Waals surface area contributed by atoms with Crippen LogP contribution in [0.5, 0.6) is 0 Å². The summed E-state index contributed by atoms with van der Waals surface area (Å²) in [6, 6.07) is 10.3. The van der Waals surface area contributed by atoms with Gasteiger partial charge in [-0.1, -0.05) is 49.6 Å². The topological polar surface area (TPSA) is 67.9 Å². The molecule has 1 N–H and O–H groups in total. The minimum absolute atomic E-state index is 0.0177. The first-order chi connectivity index (χ1) is 20.9. The molecule has 2 aromatic carbocycles. The van der Waals surface area contributed by atoms with Crippen molar-refractivity contribution in [2.75, 3.05) is 20.2 Å². The number of nitrogens with zero attached hydrogens (tertiary/aromatic N) is 1. The van der Waals surface area contributed by atoms with Gasteiger partial charge in [0.05, 0.1) is 30.4 Å². The summed E-state index contributed by atoms with van der Waals surface area (Å²) in [4.78, 5) is 24.7. The van der Waals surface area contributed by atoms with Gasteiger partial charge in [-0.25, -0.2) is 0 Å². The molecule has 1 fully saturated rings. The van der Waals surface area contributed by atoms with Crippen LogP contribution >= 0.6 is 0 Å². The van der Waals surface area contributed by atoms with Crippen LogP contribution in [0.25, 0.3) is 0 Å². The second-order valence-corrected chi connectivity index (χ2v) is 10.9. The van der Waals surface area contributed by atoms with E-state index in [2.05, 4.69) is 10.2 Å². The van der Waals surface area contributed by atoms with Gasteiger partial charge in [-0.3, -0.25) is 9.69 Å². The van der Waals surface area contributed by atoms with Gasteiger partial charge in [-0.15, -0.1) is 0 Å². The highest BCUT2D eigenvalue weighted by Crippen LogP contribution is 2.38. The standard InChI is InChI=1S/C32H40F6N2O4/c1-39-28(42)15-9-3-7-13-27(14-8-4-10-17-41)40-16-18-43-30(29(40)24-11-5-2-6-12-24)44-22-23-19-25(31(33,34)35)21-26(20-23)32(36,37)38/h2,5-6,11-12,17,19-21,27,29-30H,3-4,7-10,13-16,18,22H2,1H3,(H,39,42)/t27?,29-,30-/m1/s1. The Hall–Kier alpha value is -2.96. The molecule has 6 nitrogen and oxygen atoms in total. The summed E-state index contributed by atoms with van der Waals surface area (Å²) in [6.45, 7) is 0.280. The first-order valence-electron chi connectivity index (χ1n) is 14.9. The Morgan fingerprint density at radius 1 is 0.977 bits per heavy atom. The molecule has 0 spiro atoms. The van der Waals surface area contributed by atoms with Crippen LogP contribution < -0.4 is 5.32 Å². The number of aldehydes is 1. The van der Waals surface area contributed by atoms with E-state index >= 15 is 0 Å². The number of unbranched alkanes of at least 4 members (excludes halogenated alkanes) is 4. The van der Waals surface area contributed by atoms with Gasteiger partial charge in [-0.05, 0) is 55.0 Å². The minimum Gasteiger partial charge on any atom is -0.359 e. The number of ether oxygens (including phenoxy) is 2. The zero-order chi connectivity index (χ0) is 32.2. The number of amides is 1. The highest BCUT2D eigenvalue weighted by Gasteiger charge is 2.39. The predicted molar refractivity (Wildman–Crippen MR) is 152 cm³/mol. The number of carbonyl (C=O) groups is 2. The van der Waals surface area contributed by atoms with Crippen molar-refractivity contribution < 1.29 is 45.4 Å². The molecule has 1 amide bonds. The Balaban J connectivity index is 1.84. The molecule has 3 rings (SSSR count). The van der Waals surface area contributed by atoms with Crippen LogP contribution in [0.4, 0.5) is 26.3 Å². The van der Waals surface area contributed by atoms with Crippen LogP contribution in [0.15, 0.2) is 48.5 Å². The van der Waals surface area contributed by atoms with Gasteiger partial charge in [0, 0.05) is 32.5 Å². The normalized spacial score (nSPS) is 18.6. The summed E-state index contributed by atoms with van der Waals surface area (Å²) in [5.41, 5.74) is -2.22. The molecule has 0 saturated carbocycles. The smallest absolute Gasteiger partial charge is 0.359 e. The van der Waals surface area contributed by atoms with E-state index in [1.165, 1.54) is 0 Å². The van der Waals surface area contributed by atoms with Crippen LogP contribution in [-0.2, 0) is 38.0 Å². The number of hydrogen-bond donors (Lipinski definition) is 1. The molecule has 1 aliphatic rings. The molecular formula is C32H40F6N2O4. The van der Waals surface area contributed by atoms with Gasteiger partial charge in [0.15, 0.2) is 6.29 Å². The number of nitrogens with one attached hydrogen (secondary N) is 1. The molecule has 0 bridgehead atoms. The maximum atomic E-state index is 13.4. The molecule has 1 unspecified atom stereocenters. The molecule has 0 radical (unpaired) electrons. The molecule has 0 aromatic heterocycles. The SMILES string of the molecule is CNC(=O)CCCCCC(CCCCC=O)N1CCO[C@H](OCc2cc(C(F)(F)F)cc(C(F)(F)F)c2)[C@H]1c1ccccc1. The maximum absolute atomic E-state index is 13.4. The van der Waals surface area contributed by atoms with Crippen molar-refractivity contribution in [3.63, 3.8) is 0 Å². The minimum atomic E-state index is -4.96. The lowest BCUT2D eigenvalue weighted by Gasteiger charge is -2.45. The van der Waals surface area contributed by atoms with Crippen LogP contribution in [-0.4, -0.2) is 49.6 Å². The van der Waals surface area contributed by atoms with Crippen molar-refractivity contribution in [1.29, 1.82) is 0 Å². The third-order valence-electron chi connectivity index (χ3n) is 7.75. The average Bonchev–Trinajstić information content (AvgIpc) is 3.00. The maximum Gasteiger partial charge on any atom is 0.416 e. The van der Waals surface area contributed by atoms with Gasteiger partial charge in [0.2, 0.25) is 5.91 Å². The highest BCUT2D eigenvalue weighted by atomic mass is 19.4. The summed E-state index contributed by atoms with van der Waals surface area (Å²) >= 11 is 0. The highest BCUT2D eigenvalue weighted by molar-refractivity contribution is 5.75. The number of hydrogen-bond acceptors (Lipinski definition) is 5. The van der Waals surface area contributed by atoms with E-state index in [4.69, 9.17) is 9.47 Å². The van der Waals surface area contributed by atoms with E-state index in [0.29, 0.717) is 31.5 Å². The Morgan fingerprint density at radius 3 is 2.20 bits per heavy atom. The number of benzene rings is 2. The van der Waals surface area contributed by atoms with Crippen LogP contribution in [0.2, 0.25) is 0 Å². The summed E-state index contributed by atoms with van der Waals surface area (Å²) in [5.74, 6) is -0.0177. The Kier molecular flexibility index (Phi) is 13.7. The number of carbonyl (C=O) groups excluding carboxylic acids is 2. The molecule has 1 saturated heterocycles. The fourth-order valence-electron chi connectivity index (χ4n) is 5.54. The fourth-order valence-corrected chi connectivity index (χ4v) is 5.54. The van der Waals surface area contributed by atoms with Gasteiger partial charge < -0.3 is 19.6 Å². The van der Waals surface area contributed by atoms with E-state index in [1.807, 2.05) is 30.3 Å². The van der Waals surface area contributed by atoms with Crippen molar-refractivity contribution in [3.8, 4) is 0 Å². The van der Waals surface area contributed by atoms with Gasteiger partial charge in [-0.2, -0.15) is 26.3 Å². The number of alkyl halides is 6. The summed E-state index contributed by atoms with van der Waals surface area (Å²) in [7, 11) is 1.60. The quantitative estimate of drug-likeness (QED) is 0.119. The molecule has 244 valence electrons. The average molecular weight is 631 g/mol. The largest absolute Gasteiger partial charge is 0.416 e. The van der Waals surface area contributed by atoms with Gasteiger partial charge in [0.1, 0.15) is 6.29 Å². The lowest BCUT2D eigenvalue weighted by molar-refractivity contribution is -0.223. The zero-order valence-corrected chi connectivity index (χ0v) is 24.8. The molecule has 44 heavy (non-hydrogen) atoms. The summed E-state index contributed by atoms with van der Waals surface area (Å²) in [5, 5.41) is 2.61. The van der Waals surface area contributed by atoms with Crippen molar-refractivity contribution in [2.24, 2.45) is 0 Å². The second kappa shape index (κ2) is 16.9. The molecule has 1 aliphatic heterocycles. The van der Waals surface area contributed by atoms with Gasteiger partial charge >= 0.3 is 12.4 Å². The number of halogens is 6. The van der Waals surface area contributed by atoms with Crippen molar-refractivity contribution in [2.45, 2.75) is 95.1 Å². The van der Waals surface area contributed by atoms with Crippen LogP contribution in [0, 0.1) is 0 Å². The molecular weight excluding hydrogens is 590 g/mol. The lowest BCUT2D eigenvalue weighted by Crippen LogP contribution is -2.50. The molecule has 3 atom stereocenters. The number of morpholine rings is 1. The van der Waals surface area contributed by atoms with Crippen molar-refractivity contribution in [1.82, 2.24) is 10.2 Å². The van der Waals surface area contributed by atoms with E-state index in [1.54, 1.807) is 7.05 Å². The fraction of sp³-hybridized carbons (Fsp3) is 0.562. The zero-order valence-electron chi connectivity index (χ0n) is 24.8. The third kappa shape index (κ3) is 10.9. The molecule has 0 aliphatic carbocycles. The summed E-state index contributed by atoms with van der Waals surface area (Å²) in [6.07, 6.45) is -3.56. The van der Waals surface area contributed by atoms with E-state index in [0.717, 1.165) is 56.8 Å². The molecule has 1 heterocycles. The second-order valence-electron chi connectivity index (χ2n) is 10.9.